The normalized spacial score (nSPS) is 18.4. The third-order valence-corrected chi connectivity index (χ3v) is 4.54. The van der Waals surface area contributed by atoms with Gasteiger partial charge in [0.2, 0.25) is 0 Å². The second kappa shape index (κ2) is 7.40. The van der Waals surface area contributed by atoms with Gasteiger partial charge in [0.1, 0.15) is 11.8 Å². The monoisotopic (exact) mass is 372 g/mol. The molecule has 1 aliphatic heterocycles. The summed E-state index contributed by atoms with van der Waals surface area (Å²) in [4.78, 5) is 39.4. The van der Waals surface area contributed by atoms with Crippen LogP contribution in [0.2, 0.25) is 0 Å². The number of pyridine rings is 3. The molecule has 1 atom stereocenters. The van der Waals surface area contributed by atoms with Crippen LogP contribution in [0.25, 0.3) is 5.76 Å². The summed E-state index contributed by atoms with van der Waals surface area (Å²) in [7, 11) is 0. The van der Waals surface area contributed by atoms with Crippen molar-refractivity contribution in [2.75, 3.05) is 0 Å². The molecule has 1 amide bonds. The van der Waals surface area contributed by atoms with Crippen molar-refractivity contribution in [3.05, 3.63) is 95.8 Å². The number of amides is 1. The molecule has 0 saturated carbocycles. The summed E-state index contributed by atoms with van der Waals surface area (Å²) in [6.07, 6.45) is 7.88. The van der Waals surface area contributed by atoms with E-state index in [4.69, 9.17) is 0 Å². The number of carbonyl (C=O) groups excluding carboxylic acids is 2. The number of aromatic nitrogens is 3. The molecule has 7 nitrogen and oxygen atoms in total. The first kappa shape index (κ1) is 17.5. The van der Waals surface area contributed by atoms with Gasteiger partial charge in [0.25, 0.3) is 11.7 Å². The third-order valence-electron chi connectivity index (χ3n) is 4.54. The second-order valence-electron chi connectivity index (χ2n) is 6.28. The van der Waals surface area contributed by atoms with Gasteiger partial charge >= 0.3 is 0 Å². The van der Waals surface area contributed by atoms with Crippen molar-refractivity contribution in [1.29, 1.82) is 0 Å². The molecule has 0 bridgehead atoms. The van der Waals surface area contributed by atoms with Gasteiger partial charge in [0.15, 0.2) is 0 Å². The standard InChI is InChI=1S/C21H16N4O3/c26-19(15-6-10-22-11-7-15)17-18(16-5-1-2-9-24-16)25(21(28)20(17)27)13-14-4-3-8-23-12-14/h1-12,18,26H,13H2/b19-17-. The third kappa shape index (κ3) is 3.14. The van der Waals surface area contributed by atoms with Gasteiger partial charge in [-0.1, -0.05) is 12.1 Å². The van der Waals surface area contributed by atoms with Crippen molar-refractivity contribution >= 4 is 17.4 Å². The zero-order valence-electron chi connectivity index (χ0n) is 14.8. The molecule has 1 saturated heterocycles. The van der Waals surface area contributed by atoms with E-state index in [-0.39, 0.29) is 17.9 Å². The van der Waals surface area contributed by atoms with Crippen molar-refractivity contribution in [3.63, 3.8) is 0 Å². The van der Waals surface area contributed by atoms with E-state index in [0.717, 1.165) is 5.56 Å². The number of hydrogen-bond acceptors (Lipinski definition) is 6. The summed E-state index contributed by atoms with van der Waals surface area (Å²) < 4.78 is 0. The first-order valence-electron chi connectivity index (χ1n) is 8.65. The number of ketones is 1. The SMILES string of the molecule is O=C1C(=O)N(Cc2cccnc2)C(c2ccccn2)/C1=C(/O)c1ccncc1. The van der Waals surface area contributed by atoms with Crippen LogP contribution in [0.5, 0.6) is 0 Å². The highest BCUT2D eigenvalue weighted by atomic mass is 16.3. The van der Waals surface area contributed by atoms with Crippen molar-refractivity contribution in [2.45, 2.75) is 12.6 Å². The highest BCUT2D eigenvalue weighted by Gasteiger charge is 2.46. The average molecular weight is 372 g/mol. The molecule has 7 heteroatoms. The van der Waals surface area contributed by atoms with E-state index in [1.165, 1.54) is 17.3 Å². The lowest BCUT2D eigenvalue weighted by Gasteiger charge is -2.24. The smallest absolute Gasteiger partial charge is 0.296 e. The summed E-state index contributed by atoms with van der Waals surface area (Å²) in [5.74, 6) is -1.67. The zero-order valence-corrected chi connectivity index (χ0v) is 14.8. The topological polar surface area (TPSA) is 96.3 Å². The highest BCUT2D eigenvalue weighted by molar-refractivity contribution is 6.46. The van der Waals surface area contributed by atoms with E-state index >= 15 is 0 Å². The number of nitrogens with zero attached hydrogens (tertiary/aromatic N) is 4. The van der Waals surface area contributed by atoms with Crippen LogP contribution in [-0.4, -0.2) is 36.6 Å². The van der Waals surface area contributed by atoms with Gasteiger partial charge in [0.05, 0.1) is 11.3 Å². The molecule has 0 radical (unpaired) electrons. The second-order valence-corrected chi connectivity index (χ2v) is 6.28. The number of rotatable bonds is 4. The van der Waals surface area contributed by atoms with Gasteiger partial charge in [-0.3, -0.25) is 24.5 Å². The molecule has 1 fully saturated rings. The first-order valence-corrected chi connectivity index (χ1v) is 8.65. The summed E-state index contributed by atoms with van der Waals surface area (Å²) in [5, 5.41) is 10.8. The van der Waals surface area contributed by atoms with E-state index in [9.17, 15) is 14.7 Å². The van der Waals surface area contributed by atoms with Gasteiger partial charge in [-0.05, 0) is 35.9 Å². The number of aliphatic hydroxyl groups excluding tert-OH is 1. The number of likely N-dealkylation sites (tertiary alicyclic amines) is 1. The minimum Gasteiger partial charge on any atom is -0.507 e. The van der Waals surface area contributed by atoms with Gasteiger partial charge in [-0.2, -0.15) is 0 Å². The van der Waals surface area contributed by atoms with Gasteiger partial charge in [0, 0.05) is 43.1 Å². The molecule has 3 aromatic rings. The van der Waals surface area contributed by atoms with E-state index in [2.05, 4.69) is 15.0 Å². The lowest BCUT2D eigenvalue weighted by atomic mass is 9.98. The largest absolute Gasteiger partial charge is 0.507 e. The van der Waals surface area contributed by atoms with Gasteiger partial charge < -0.3 is 10.0 Å². The molecular formula is C21H16N4O3. The molecule has 4 rings (SSSR count). The summed E-state index contributed by atoms with van der Waals surface area (Å²) in [6.45, 7) is 0.173. The average Bonchev–Trinajstić information content (AvgIpc) is 3.00. The highest BCUT2D eigenvalue weighted by Crippen LogP contribution is 2.39. The van der Waals surface area contributed by atoms with Crippen LogP contribution in [0.15, 0.2) is 79.0 Å². The molecule has 28 heavy (non-hydrogen) atoms. The van der Waals surface area contributed by atoms with E-state index in [0.29, 0.717) is 11.3 Å². The maximum atomic E-state index is 12.8. The summed E-state index contributed by atoms with van der Waals surface area (Å²) in [6, 6.07) is 11.2. The molecule has 0 aromatic carbocycles. The maximum Gasteiger partial charge on any atom is 0.296 e. The molecule has 1 N–H and O–H groups in total. The predicted octanol–water partition coefficient (Wildman–Crippen LogP) is 2.49. The van der Waals surface area contributed by atoms with Crippen LogP contribution in [-0.2, 0) is 16.1 Å². The van der Waals surface area contributed by atoms with Crippen LogP contribution in [0.3, 0.4) is 0 Å². The Bertz CT molecular complexity index is 1040. The van der Waals surface area contributed by atoms with Crippen LogP contribution < -0.4 is 0 Å². The zero-order chi connectivity index (χ0) is 19.5. The van der Waals surface area contributed by atoms with Crippen LogP contribution in [0.1, 0.15) is 22.9 Å². The van der Waals surface area contributed by atoms with Crippen molar-refractivity contribution in [1.82, 2.24) is 19.9 Å². The summed E-state index contributed by atoms with van der Waals surface area (Å²) >= 11 is 0. The fraction of sp³-hybridized carbons (Fsp3) is 0.0952. The van der Waals surface area contributed by atoms with Crippen LogP contribution in [0, 0.1) is 0 Å². The number of Topliss-reactive ketones (excluding diaryl/α,β-unsaturated/α-hetero) is 1. The van der Waals surface area contributed by atoms with E-state index in [1.807, 2.05) is 6.07 Å². The molecule has 1 unspecified atom stereocenters. The van der Waals surface area contributed by atoms with Gasteiger partial charge in [-0.25, -0.2) is 0 Å². The Labute approximate surface area is 161 Å². The minimum absolute atomic E-state index is 0.0128. The lowest BCUT2D eigenvalue weighted by Crippen LogP contribution is -2.29. The Balaban J connectivity index is 1.85. The molecule has 3 aromatic heterocycles. The fourth-order valence-corrected chi connectivity index (χ4v) is 3.24. The molecule has 0 spiro atoms. The van der Waals surface area contributed by atoms with E-state index in [1.54, 1.807) is 55.0 Å². The first-order chi connectivity index (χ1) is 13.7. The molecular weight excluding hydrogens is 356 g/mol. The van der Waals surface area contributed by atoms with Crippen LogP contribution in [0.4, 0.5) is 0 Å². The lowest BCUT2D eigenvalue weighted by molar-refractivity contribution is -0.140. The van der Waals surface area contributed by atoms with Crippen molar-refractivity contribution in [2.24, 2.45) is 0 Å². The van der Waals surface area contributed by atoms with E-state index < -0.39 is 17.7 Å². The Hall–Kier alpha value is -3.87. The minimum atomic E-state index is -0.797. The Morgan fingerprint density at radius 3 is 2.46 bits per heavy atom. The van der Waals surface area contributed by atoms with Crippen LogP contribution >= 0.6 is 0 Å². The number of hydrogen-bond donors (Lipinski definition) is 1. The fourth-order valence-electron chi connectivity index (χ4n) is 3.24. The molecule has 1 aliphatic rings. The van der Waals surface area contributed by atoms with Gasteiger partial charge in [-0.15, -0.1) is 0 Å². The Morgan fingerprint density at radius 2 is 1.79 bits per heavy atom. The maximum absolute atomic E-state index is 12.8. The predicted molar refractivity (Wildman–Crippen MR) is 101 cm³/mol. The number of carbonyl (C=O) groups is 2. The van der Waals surface area contributed by atoms with Crippen molar-refractivity contribution < 1.29 is 14.7 Å². The Morgan fingerprint density at radius 1 is 0.964 bits per heavy atom. The molecule has 4 heterocycles. The summed E-state index contributed by atoms with van der Waals surface area (Å²) in [5.41, 5.74) is 1.70. The Kier molecular flexibility index (Phi) is 4.63. The van der Waals surface area contributed by atoms with Crippen molar-refractivity contribution in [3.8, 4) is 0 Å². The quantitative estimate of drug-likeness (QED) is 0.429. The molecule has 0 aliphatic carbocycles. The molecule has 138 valence electrons. The number of aliphatic hydroxyl groups is 1.